The van der Waals surface area contributed by atoms with Gasteiger partial charge in [-0.1, -0.05) is 46.3 Å². The second-order valence-corrected chi connectivity index (χ2v) is 5.41. The van der Waals surface area contributed by atoms with E-state index in [0.717, 1.165) is 10.5 Å². The largest absolute Gasteiger partial charge is 0.444 e. The number of rotatable bonds is 4. The number of nitro groups is 1. The van der Waals surface area contributed by atoms with Gasteiger partial charge in [-0.2, -0.15) is 0 Å². The molecule has 114 valence electrons. The van der Waals surface area contributed by atoms with Crippen LogP contribution in [0, 0.1) is 10.1 Å². The van der Waals surface area contributed by atoms with Gasteiger partial charge in [0.15, 0.2) is 0 Å². The minimum absolute atomic E-state index is 0.103. The molecule has 1 amide bonds. The van der Waals surface area contributed by atoms with E-state index in [9.17, 15) is 14.9 Å². The van der Waals surface area contributed by atoms with E-state index in [4.69, 9.17) is 4.74 Å². The molecule has 0 fully saturated rings. The highest BCUT2D eigenvalue weighted by Gasteiger charge is 2.22. The lowest BCUT2D eigenvalue weighted by atomic mass is 10.2. The fourth-order valence-corrected chi connectivity index (χ4v) is 2.18. The van der Waals surface area contributed by atoms with Crippen molar-refractivity contribution in [2.75, 3.05) is 11.9 Å². The maximum absolute atomic E-state index is 12.1. The number of ether oxygens (including phenoxy) is 1. The number of benzene rings is 2. The molecule has 0 bridgehead atoms. The molecule has 0 N–H and O–H groups in total. The third kappa shape index (κ3) is 3.82. The summed E-state index contributed by atoms with van der Waals surface area (Å²) in [4.78, 5) is 23.7. The second-order valence-electron chi connectivity index (χ2n) is 4.49. The summed E-state index contributed by atoms with van der Waals surface area (Å²) in [6.45, 7) is 0.103. The SMILES string of the molecule is CN(C(=O)OCc1ccccc1)c1cc(Br)ccc1[N+](=O)[O-]. The average molecular weight is 365 g/mol. The topological polar surface area (TPSA) is 72.7 Å². The quantitative estimate of drug-likeness (QED) is 0.603. The first-order valence-electron chi connectivity index (χ1n) is 6.37. The molecule has 0 aliphatic carbocycles. The van der Waals surface area contributed by atoms with Crippen LogP contribution in [0.15, 0.2) is 53.0 Å². The van der Waals surface area contributed by atoms with E-state index < -0.39 is 11.0 Å². The molecule has 7 heteroatoms. The molecule has 0 aliphatic heterocycles. The van der Waals surface area contributed by atoms with Crippen molar-refractivity contribution in [3.63, 3.8) is 0 Å². The van der Waals surface area contributed by atoms with E-state index in [-0.39, 0.29) is 18.0 Å². The fraction of sp³-hybridized carbons (Fsp3) is 0.133. The summed E-state index contributed by atoms with van der Waals surface area (Å²) >= 11 is 3.24. The van der Waals surface area contributed by atoms with Gasteiger partial charge in [0.25, 0.3) is 5.69 Å². The maximum Gasteiger partial charge on any atom is 0.414 e. The first kappa shape index (κ1) is 16.0. The van der Waals surface area contributed by atoms with Crippen molar-refractivity contribution in [2.24, 2.45) is 0 Å². The van der Waals surface area contributed by atoms with E-state index in [1.54, 1.807) is 6.07 Å². The second kappa shape index (κ2) is 7.04. The van der Waals surface area contributed by atoms with Crippen LogP contribution in [-0.4, -0.2) is 18.1 Å². The molecule has 2 aromatic carbocycles. The Kier molecular flexibility index (Phi) is 5.11. The van der Waals surface area contributed by atoms with Gasteiger partial charge in [-0.25, -0.2) is 4.79 Å². The van der Waals surface area contributed by atoms with Crippen LogP contribution in [0.4, 0.5) is 16.2 Å². The van der Waals surface area contributed by atoms with Crippen molar-refractivity contribution in [1.29, 1.82) is 0 Å². The molecular formula is C15H13BrN2O4. The van der Waals surface area contributed by atoms with Crippen molar-refractivity contribution in [3.05, 3.63) is 68.7 Å². The number of hydrogen-bond donors (Lipinski definition) is 0. The summed E-state index contributed by atoms with van der Waals surface area (Å²) in [5.74, 6) is 0. The number of nitrogens with zero attached hydrogens (tertiary/aromatic N) is 2. The first-order valence-corrected chi connectivity index (χ1v) is 7.16. The van der Waals surface area contributed by atoms with Crippen LogP contribution in [0.3, 0.4) is 0 Å². The standard InChI is InChI=1S/C15H13BrN2O4/c1-17(14-9-12(16)7-8-13(14)18(20)21)15(19)22-10-11-5-3-2-4-6-11/h2-9H,10H2,1H3. The van der Waals surface area contributed by atoms with E-state index in [1.165, 1.54) is 19.2 Å². The van der Waals surface area contributed by atoms with E-state index in [1.807, 2.05) is 30.3 Å². The Labute approximate surface area is 135 Å². The summed E-state index contributed by atoms with van der Waals surface area (Å²) in [6.07, 6.45) is -0.662. The van der Waals surface area contributed by atoms with Crippen molar-refractivity contribution in [1.82, 2.24) is 0 Å². The number of anilines is 1. The monoisotopic (exact) mass is 364 g/mol. The normalized spacial score (nSPS) is 10.1. The summed E-state index contributed by atoms with van der Waals surface area (Å²) < 4.78 is 5.80. The molecule has 0 aromatic heterocycles. The Balaban J connectivity index is 2.13. The molecule has 0 saturated heterocycles. The lowest BCUT2D eigenvalue weighted by molar-refractivity contribution is -0.384. The Morgan fingerprint density at radius 1 is 1.27 bits per heavy atom. The lowest BCUT2D eigenvalue weighted by Crippen LogP contribution is -2.27. The molecule has 0 aliphatic rings. The van der Waals surface area contributed by atoms with Crippen molar-refractivity contribution < 1.29 is 14.5 Å². The number of carbonyl (C=O) groups is 1. The lowest BCUT2D eigenvalue weighted by Gasteiger charge is -2.17. The van der Waals surface area contributed by atoms with Gasteiger partial charge in [-0.15, -0.1) is 0 Å². The molecule has 2 rings (SSSR count). The van der Waals surface area contributed by atoms with Crippen LogP contribution in [-0.2, 0) is 11.3 Å². The van der Waals surface area contributed by atoms with Gasteiger partial charge >= 0.3 is 6.09 Å². The van der Waals surface area contributed by atoms with Crippen LogP contribution in [0.1, 0.15) is 5.56 Å². The van der Waals surface area contributed by atoms with Crippen LogP contribution >= 0.6 is 15.9 Å². The molecule has 0 saturated carbocycles. The van der Waals surface area contributed by atoms with E-state index in [0.29, 0.717) is 4.47 Å². The zero-order chi connectivity index (χ0) is 16.1. The van der Waals surface area contributed by atoms with Crippen LogP contribution in [0.25, 0.3) is 0 Å². The molecule has 0 heterocycles. The maximum atomic E-state index is 12.1. The molecule has 0 radical (unpaired) electrons. The van der Waals surface area contributed by atoms with Gasteiger partial charge in [0.05, 0.1) is 4.92 Å². The summed E-state index contributed by atoms with van der Waals surface area (Å²) in [5.41, 5.74) is 0.841. The molecular weight excluding hydrogens is 352 g/mol. The van der Waals surface area contributed by atoms with Gasteiger partial charge in [-0.05, 0) is 17.7 Å². The zero-order valence-corrected chi connectivity index (χ0v) is 13.3. The number of carbonyl (C=O) groups excluding carboxylic acids is 1. The highest BCUT2D eigenvalue weighted by atomic mass is 79.9. The van der Waals surface area contributed by atoms with E-state index in [2.05, 4.69) is 15.9 Å². The fourth-order valence-electron chi connectivity index (χ4n) is 1.83. The minimum atomic E-state index is -0.662. The van der Waals surface area contributed by atoms with Gasteiger partial charge < -0.3 is 4.74 Å². The average Bonchev–Trinajstić information content (AvgIpc) is 2.52. The number of amides is 1. The Morgan fingerprint density at radius 2 is 1.95 bits per heavy atom. The highest BCUT2D eigenvalue weighted by Crippen LogP contribution is 2.30. The Morgan fingerprint density at radius 3 is 2.59 bits per heavy atom. The highest BCUT2D eigenvalue weighted by molar-refractivity contribution is 9.10. The summed E-state index contributed by atoms with van der Waals surface area (Å²) in [7, 11) is 1.43. The minimum Gasteiger partial charge on any atom is -0.444 e. The number of nitro benzene ring substituents is 1. The molecule has 0 atom stereocenters. The first-order chi connectivity index (χ1) is 10.5. The zero-order valence-electron chi connectivity index (χ0n) is 11.7. The Hall–Kier alpha value is -2.41. The third-order valence-electron chi connectivity index (χ3n) is 2.97. The van der Waals surface area contributed by atoms with Crippen LogP contribution < -0.4 is 4.90 Å². The van der Waals surface area contributed by atoms with Crippen molar-refractivity contribution >= 4 is 33.4 Å². The third-order valence-corrected chi connectivity index (χ3v) is 3.47. The van der Waals surface area contributed by atoms with Gasteiger partial charge in [0.1, 0.15) is 12.3 Å². The molecule has 0 spiro atoms. The van der Waals surface area contributed by atoms with Gasteiger partial charge in [-0.3, -0.25) is 15.0 Å². The predicted octanol–water partition coefficient (Wildman–Crippen LogP) is 4.13. The van der Waals surface area contributed by atoms with Gasteiger partial charge in [0.2, 0.25) is 0 Å². The molecule has 0 unspecified atom stereocenters. The molecule has 6 nitrogen and oxygen atoms in total. The predicted molar refractivity (Wildman–Crippen MR) is 85.8 cm³/mol. The number of hydrogen-bond acceptors (Lipinski definition) is 4. The smallest absolute Gasteiger partial charge is 0.414 e. The number of halogens is 1. The van der Waals surface area contributed by atoms with Crippen LogP contribution in [0.5, 0.6) is 0 Å². The summed E-state index contributed by atoms with van der Waals surface area (Å²) in [5, 5.41) is 11.1. The molecule has 22 heavy (non-hydrogen) atoms. The summed E-state index contributed by atoms with van der Waals surface area (Å²) in [6, 6.07) is 13.6. The van der Waals surface area contributed by atoms with Crippen LogP contribution in [0.2, 0.25) is 0 Å². The van der Waals surface area contributed by atoms with E-state index >= 15 is 0 Å². The molecule has 2 aromatic rings. The van der Waals surface area contributed by atoms with Gasteiger partial charge in [0, 0.05) is 17.6 Å². The Bertz CT molecular complexity index is 691. The van der Waals surface area contributed by atoms with Crippen molar-refractivity contribution in [3.8, 4) is 0 Å². The van der Waals surface area contributed by atoms with Crippen molar-refractivity contribution in [2.45, 2.75) is 6.61 Å².